The first-order valence-corrected chi connectivity index (χ1v) is 5.81. The highest BCUT2D eigenvalue weighted by atomic mass is 16.5. The Morgan fingerprint density at radius 2 is 2.00 bits per heavy atom. The molecule has 3 heteroatoms. The van der Waals surface area contributed by atoms with Crippen LogP contribution < -0.4 is 0 Å². The van der Waals surface area contributed by atoms with Crippen LogP contribution in [0.5, 0.6) is 0 Å². The fourth-order valence-electron chi connectivity index (χ4n) is 2.57. The Balaban J connectivity index is 2.60. The molecule has 1 saturated heterocycles. The molecule has 4 unspecified atom stereocenters. The van der Waals surface area contributed by atoms with Gasteiger partial charge in [-0.15, -0.1) is 0 Å². The van der Waals surface area contributed by atoms with Gasteiger partial charge in [0.2, 0.25) is 0 Å². The zero-order valence-electron chi connectivity index (χ0n) is 10.5. The second-order valence-corrected chi connectivity index (χ2v) is 4.94. The van der Waals surface area contributed by atoms with Crippen molar-refractivity contribution in [1.29, 1.82) is 0 Å². The average Bonchev–Trinajstić information content (AvgIpc) is 2.54. The fourth-order valence-corrected chi connectivity index (χ4v) is 2.57. The van der Waals surface area contributed by atoms with Gasteiger partial charge in [0.15, 0.2) is 0 Å². The second kappa shape index (κ2) is 4.97. The third-order valence-corrected chi connectivity index (χ3v) is 3.65. The van der Waals surface area contributed by atoms with Crippen LogP contribution in [0.15, 0.2) is 0 Å². The van der Waals surface area contributed by atoms with Gasteiger partial charge < -0.3 is 4.74 Å². The number of hydrogen-bond donors (Lipinski definition) is 0. The van der Waals surface area contributed by atoms with E-state index in [0.717, 1.165) is 12.5 Å². The number of methoxy groups -OCH3 is 1. The lowest BCUT2D eigenvalue weighted by molar-refractivity contribution is -0.147. The summed E-state index contributed by atoms with van der Waals surface area (Å²) in [7, 11) is 1.46. The lowest BCUT2D eigenvalue weighted by Gasteiger charge is -2.31. The van der Waals surface area contributed by atoms with Crippen molar-refractivity contribution in [1.82, 2.24) is 4.90 Å². The fraction of sp³-hybridized carbons (Fsp3) is 0.917. The minimum atomic E-state index is -0.103. The Kier molecular flexibility index (Phi) is 4.14. The summed E-state index contributed by atoms with van der Waals surface area (Å²) in [5, 5.41) is 0. The molecule has 0 bridgehead atoms. The van der Waals surface area contributed by atoms with E-state index in [4.69, 9.17) is 4.74 Å². The summed E-state index contributed by atoms with van der Waals surface area (Å²) in [6.45, 7) is 9.68. The van der Waals surface area contributed by atoms with Crippen molar-refractivity contribution < 1.29 is 9.53 Å². The summed E-state index contributed by atoms with van der Waals surface area (Å²) in [6.07, 6.45) is 1.23. The molecule has 1 aliphatic heterocycles. The molecule has 0 radical (unpaired) electrons. The summed E-state index contributed by atoms with van der Waals surface area (Å²) < 4.78 is 4.79. The maximum absolute atomic E-state index is 11.4. The molecule has 1 fully saturated rings. The van der Waals surface area contributed by atoms with Crippen LogP contribution in [0.4, 0.5) is 0 Å². The van der Waals surface area contributed by atoms with Crippen molar-refractivity contribution in [3.8, 4) is 0 Å². The largest absolute Gasteiger partial charge is 0.469 e. The molecule has 0 amide bonds. The lowest BCUT2D eigenvalue weighted by atomic mass is 10.0. The zero-order valence-corrected chi connectivity index (χ0v) is 10.5. The van der Waals surface area contributed by atoms with Crippen molar-refractivity contribution in [2.45, 2.75) is 46.2 Å². The molecule has 1 rings (SSSR count). The van der Waals surface area contributed by atoms with Gasteiger partial charge >= 0.3 is 5.97 Å². The molecule has 0 aromatic carbocycles. The summed E-state index contributed by atoms with van der Waals surface area (Å²) in [4.78, 5) is 13.9. The van der Waals surface area contributed by atoms with Crippen LogP contribution >= 0.6 is 0 Å². The van der Waals surface area contributed by atoms with E-state index in [2.05, 4.69) is 25.7 Å². The lowest BCUT2D eigenvalue weighted by Crippen LogP contribution is -2.42. The van der Waals surface area contributed by atoms with Gasteiger partial charge in [0.25, 0.3) is 0 Å². The summed E-state index contributed by atoms with van der Waals surface area (Å²) >= 11 is 0. The number of carbonyl (C=O) groups is 1. The van der Waals surface area contributed by atoms with Crippen LogP contribution in [0, 0.1) is 11.8 Å². The van der Waals surface area contributed by atoms with Crippen molar-refractivity contribution in [2.24, 2.45) is 11.8 Å². The van der Waals surface area contributed by atoms with Crippen LogP contribution in [0.2, 0.25) is 0 Å². The Hall–Kier alpha value is -0.570. The minimum Gasteiger partial charge on any atom is -0.469 e. The van der Waals surface area contributed by atoms with E-state index in [1.165, 1.54) is 13.5 Å². The number of esters is 1. The molecular formula is C12H23NO2. The number of likely N-dealkylation sites (tertiary alicyclic amines) is 1. The Labute approximate surface area is 92.8 Å². The smallest absolute Gasteiger partial charge is 0.309 e. The monoisotopic (exact) mass is 213 g/mol. The molecule has 0 saturated carbocycles. The Morgan fingerprint density at radius 3 is 2.40 bits per heavy atom. The molecule has 88 valence electrons. The van der Waals surface area contributed by atoms with Crippen molar-refractivity contribution in [3.05, 3.63) is 0 Å². The van der Waals surface area contributed by atoms with E-state index >= 15 is 0 Å². The first kappa shape index (κ1) is 12.5. The van der Waals surface area contributed by atoms with Gasteiger partial charge in [0.1, 0.15) is 0 Å². The topological polar surface area (TPSA) is 29.5 Å². The van der Waals surface area contributed by atoms with E-state index in [9.17, 15) is 4.79 Å². The maximum atomic E-state index is 11.4. The van der Waals surface area contributed by atoms with E-state index in [1.807, 2.05) is 6.92 Å². The van der Waals surface area contributed by atoms with Gasteiger partial charge in [-0.25, -0.2) is 0 Å². The highest BCUT2D eigenvalue weighted by molar-refractivity contribution is 5.72. The molecule has 0 aromatic rings. The zero-order chi connectivity index (χ0) is 11.6. The average molecular weight is 213 g/mol. The Morgan fingerprint density at radius 1 is 1.40 bits per heavy atom. The van der Waals surface area contributed by atoms with Crippen LogP contribution in [0.25, 0.3) is 0 Å². The number of hydrogen-bond acceptors (Lipinski definition) is 3. The first-order chi connectivity index (χ1) is 6.97. The SMILES string of the molecule is COC(=O)C(C)C(C)N1CC(C)CC1C. The highest BCUT2D eigenvalue weighted by Crippen LogP contribution is 2.27. The van der Waals surface area contributed by atoms with Crippen LogP contribution in [-0.4, -0.2) is 36.6 Å². The molecule has 0 N–H and O–H groups in total. The second-order valence-electron chi connectivity index (χ2n) is 4.94. The standard InChI is InChI=1S/C12H23NO2/c1-8-6-9(2)13(7-8)11(4)10(3)12(14)15-5/h8-11H,6-7H2,1-5H3. The van der Waals surface area contributed by atoms with E-state index in [1.54, 1.807) is 0 Å². The molecule has 0 aromatic heterocycles. The van der Waals surface area contributed by atoms with E-state index < -0.39 is 0 Å². The van der Waals surface area contributed by atoms with Crippen LogP contribution in [0.3, 0.4) is 0 Å². The van der Waals surface area contributed by atoms with E-state index in [-0.39, 0.29) is 17.9 Å². The molecule has 0 aliphatic carbocycles. The molecule has 3 nitrogen and oxygen atoms in total. The predicted molar refractivity (Wildman–Crippen MR) is 60.6 cm³/mol. The van der Waals surface area contributed by atoms with Crippen molar-refractivity contribution in [3.63, 3.8) is 0 Å². The number of nitrogens with zero attached hydrogens (tertiary/aromatic N) is 1. The predicted octanol–water partition coefficient (Wildman–Crippen LogP) is 1.91. The normalized spacial score (nSPS) is 31.3. The third-order valence-electron chi connectivity index (χ3n) is 3.65. The summed E-state index contributed by atoms with van der Waals surface area (Å²) in [5.41, 5.74) is 0. The van der Waals surface area contributed by atoms with Crippen molar-refractivity contribution in [2.75, 3.05) is 13.7 Å². The van der Waals surface area contributed by atoms with Crippen LogP contribution in [0.1, 0.15) is 34.1 Å². The molecule has 15 heavy (non-hydrogen) atoms. The first-order valence-electron chi connectivity index (χ1n) is 5.81. The van der Waals surface area contributed by atoms with Gasteiger partial charge in [-0.2, -0.15) is 0 Å². The minimum absolute atomic E-state index is 0.0391. The van der Waals surface area contributed by atoms with Gasteiger partial charge in [-0.1, -0.05) is 13.8 Å². The quantitative estimate of drug-likeness (QED) is 0.671. The molecular weight excluding hydrogens is 190 g/mol. The summed E-state index contributed by atoms with van der Waals surface area (Å²) in [6, 6.07) is 0.861. The van der Waals surface area contributed by atoms with E-state index in [0.29, 0.717) is 6.04 Å². The molecule has 1 aliphatic rings. The summed E-state index contributed by atoms with van der Waals surface area (Å²) in [5.74, 6) is 0.601. The van der Waals surface area contributed by atoms with Crippen LogP contribution in [-0.2, 0) is 9.53 Å². The van der Waals surface area contributed by atoms with Gasteiger partial charge in [-0.3, -0.25) is 9.69 Å². The highest BCUT2D eigenvalue weighted by Gasteiger charge is 2.34. The Bertz CT molecular complexity index is 230. The molecule has 1 heterocycles. The number of rotatable bonds is 3. The maximum Gasteiger partial charge on any atom is 0.309 e. The number of ether oxygens (including phenoxy) is 1. The number of carbonyl (C=O) groups excluding carboxylic acids is 1. The van der Waals surface area contributed by atoms with Gasteiger partial charge in [0.05, 0.1) is 13.0 Å². The van der Waals surface area contributed by atoms with Gasteiger partial charge in [-0.05, 0) is 26.2 Å². The van der Waals surface area contributed by atoms with Gasteiger partial charge in [0, 0.05) is 18.6 Å². The molecule has 4 atom stereocenters. The molecule has 0 spiro atoms. The third kappa shape index (κ3) is 2.71. The van der Waals surface area contributed by atoms with Crippen molar-refractivity contribution >= 4 is 5.97 Å².